The van der Waals surface area contributed by atoms with Crippen LogP contribution in [-0.2, 0) is 11.2 Å². The van der Waals surface area contributed by atoms with E-state index in [2.05, 4.69) is 55.1 Å². The predicted molar refractivity (Wildman–Crippen MR) is 144 cm³/mol. The highest BCUT2D eigenvalue weighted by atomic mass is 16.5. The SMILES string of the molecule is COc1ccc(NC(=O)N2CCN(C(=O)Cc3c(C)cc(C)cc3C)CC2)cc1N1CCN(C)CC1. The molecule has 8 nitrogen and oxygen atoms in total. The van der Waals surface area contributed by atoms with Gasteiger partial charge < -0.3 is 29.7 Å². The number of hydrogen-bond acceptors (Lipinski definition) is 5. The Bertz CT molecular complexity index is 1080. The minimum absolute atomic E-state index is 0.122. The average molecular weight is 494 g/mol. The normalized spacial score (nSPS) is 16.8. The fourth-order valence-electron chi connectivity index (χ4n) is 5.18. The van der Waals surface area contributed by atoms with E-state index < -0.39 is 0 Å². The Balaban J connectivity index is 1.33. The summed E-state index contributed by atoms with van der Waals surface area (Å²) in [7, 11) is 3.80. The lowest BCUT2D eigenvalue weighted by Gasteiger charge is -2.36. The number of benzene rings is 2. The van der Waals surface area contributed by atoms with Gasteiger partial charge in [0.15, 0.2) is 0 Å². The number of likely N-dealkylation sites (N-methyl/N-ethyl adjacent to an activating group) is 1. The summed E-state index contributed by atoms with van der Waals surface area (Å²) in [5.74, 6) is 0.931. The van der Waals surface area contributed by atoms with Gasteiger partial charge in [0.1, 0.15) is 5.75 Å². The molecule has 3 amide bonds. The molecule has 8 heteroatoms. The maximum atomic E-state index is 13.0. The van der Waals surface area contributed by atoms with E-state index in [0.717, 1.165) is 60.0 Å². The summed E-state index contributed by atoms with van der Waals surface area (Å²) in [6.07, 6.45) is 0.408. The van der Waals surface area contributed by atoms with Crippen LogP contribution in [0.25, 0.3) is 0 Å². The van der Waals surface area contributed by atoms with E-state index in [9.17, 15) is 9.59 Å². The molecule has 0 spiro atoms. The number of carbonyl (C=O) groups is 2. The lowest BCUT2D eigenvalue weighted by Crippen LogP contribution is -2.52. The van der Waals surface area contributed by atoms with E-state index in [-0.39, 0.29) is 11.9 Å². The molecular formula is C28H39N5O3. The van der Waals surface area contributed by atoms with Gasteiger partial charge in [-0.1, -0.05) is 17.7 Å². The Hall–Kier alpha value is -3.26. The molecule has 2 saturated heterocycles. The molecule has 2 aliphatic rings. The summed E-state index contributed by atoms with van der Waals surface area (Å²) in [6.45, 7) is 12.2. The van der Waals surface area contributed by atoms with E-state index in [0.29, 0.717) is 32.6 Å². The maximum absolute atomic E-state index is 13.0. The number of anilines is 2. The molecular weight excluding hydrogens is 454 g/mol. The standard InChI is InChI=1S/C28H39N5O3/c1-20-16-21(2)24(22(3)17-20)19-27(34)32-12-14-33(15-13-32)28(35)29-23-6-7-26(36-5)25(18-23)31-10-8-30(4)9-11-31/h6-7,16-18H,8-15,19H2,1-5H3,(H,29,35). The van der Waals surface area contributed by atoms with Crippen molar-refractivity contribution in [2.75, 3.05) is 76.7 Å². The molecule has 0 saturated carbocycles. The molecule has 0 unspecified atom stereocenters. The Labute approximate surface area is 214 Å². The van der Waals surface area contributed by atoms with Gasteiger partial charge in [-0.2, -0.15) is 0 Å². The minimum atomic E-state index is -0.137. The molecule has 0 bridgehead atoms. The lowest BCUT2D eigenvalue weighted by atomic mass is 9.97. The minimum Gasteiger partial charge on any atom is -0.495 e. The van der Waals surface area contributed by atoms with E-state index in [1.165, 1.54) is 5.56 Å². The quantitative estimate of drug-likeness (QED) is 0.692. The second-order valence-corrected chi connectivity index (χ2v) is 10.0. The number of carbonyl (C=O) groups excluding carboxylic acids is 2. The van der Waals surface area contributed by atoms with Crippen molar-refractivity contribution in [3.8, 4) is 5.75 Å². The summed E-state index contributed by atoms with van der Waals surface area (Å²) >= 11 is 0. The maximum Gasteiger partial charge on any atom is 0.321 e. The molecule has 1 N–H and O–H groups in total. The van der Waals surface area contributed by atoms with Crippen molar-refractivity contribution >= 4 is 23.3 Å². The van der Waals surface area contributed by atoms with Crippen LogP contribution in [0.4, 0.5) is 16.2 Å². The first kappa shape index (κ1) is 25.8. The number of methoxy groups -OCH3 is 1. The summed E-state index contributed by atoms with van der Waals surface area (Å²) in [4.78, 5) is 34.3. The fourth-order valence-corrected chi connectivity index (χ4v) is 5.18. The summed E-state index contributed by atoms with van der Waals surface area (Å²) in [6, 6.07) is 9.91. The first-order valence-corrected chi connectivity index (χ1v) is 12.8. The zero-order chi connectivity index (χ0) is 25.8. The highest BCUT2D eigenvalue weighted by Crippen LogP contribution is 2.32. The molecule has 2 aliphatic heterocycles. The first-order valence-electron chi connectivity index (χ1n) is 12.8. The van der Waals surface area contributed by atoms with Crippen molar-refractivity contribution in [1.82, 2.24) is 14.7 Å². The van der Waals surface area contributed by atoms with Gasteiger partial charge in [0.05, 0.1) is 19.2 Å². The molecule has 0 atom stereocenters. The zero-order valence-electron chi connectivity index (χ0n) is 22.3. The van der Waals surface area contributed by atoms with Gasteiger partial charge in [-0.05, 0) is 62.7 Å². The molecule has 194 valence electrons. The van der Waals surface area contributed by atoms with E-state index in [1.54, 1.807) is 12.0 Å². The zero-order valence-corrected chi connectivity index (χ0v) is 22.3. The molecule has 36 heavy (non-hydrogen) atoms. The number of nitrogens with one attached hydrogen (secondary N) is 1. The highest BCUT2D eigenvalue weighted by Gasteiger charge is 2.25. The molecule has 2 fully saturated rings. The van der Waals surface area contributed by atoms with Gasteiger partial charge in [-0.25, -0.2) is 4.79 Å². The monoisotopic (exact) mass is 493 g/mol. The van der Waals surface area contributed by atoms with Gasteiger partial charge in [0.2, 0.25) is 5.91 Å². The molecule has 2 heterocycles. The van der Waals surface area contributed by atoms with Crippen molar-refractivity contribution in [2.45, 2.75) is 27.2 Å². The van der Waals surface area contributed by atoms with Crippen LogP contribution in [0.3, 0.4) is 0 Å². The van der Waals surface area contributed by atoms with Crippen molar-refractivity contribution in [3.63, 3.8) is 0 Å². The number of rotatable bonds is 5. The van der Waals surface area contributed by atoms with Crippen LogP contribution in [-0.4, -0.2) is 93.2 Å². The molecule has 0 aliphatic carbocycles. The topological polar surface area (TPSA) is 68.4 Å². The van der Waals surface area contributed by atoms with Crippen LogP contribution < -0.4 is 15.0 Å². The van der Waals surface area contributed by atoms with Crippen molar-refractivity contribution in [1.29, 1.82) is 0 Å². The second kappa shape index (κ2) is 11.2. The van der Waals surface area contributed by atoms with Crippen molar-refractivity contribution < 1.29 is 14.3 Å². The number of hydrogen-bond donors (Lipinski definition) is 1. The Morgan fingerprint density at radius 1 is 0.861 bits per heavy atom. The second-order valence-electron chi connectivity index (χ2n) is 10.0. The van der Waals surface area contributed by atoms with E-state index in [1.807, 2.05) is 23.1 Å². The van der Waals surface area contributed by atoms with Crippen LogP contribution in [0.1, 0.15) is 22.3 Å². The third-order valence-corrected chi connectivity index (χ3v) is 7.36. The van der Waals surface area contributed by atoms with Crippen molar-refractivity contribution in [3.05, 3.63) is 52.6 Å². The number of ether oxygens (including phenoxy) is 1. The molecule has 0 aromatic heterocycles. The lowest BCUT2D eigenvalue weighted by molar-refractivity contribution is -0.131. The van der Waals surface area contributed by atoms with Crippen LogP contribution in [0.2, 0.25) is 0 Å². The van der Waals surface area contributed by atoms with Gasteiger partial charge >= 0.3 is 6.03 Å². The smallest absolute Gasteiger partial charge is 0.321 e. The number of nitrogens with zero attached hydrogens (tertiary/aromatic N) is 4. The Kier molecular flexibility index (Phi) is 8.04. The van der Waals surface area contributed by atoms with E-state index in [4.69, 9.17) is 4.74 Å². The molecule has 2 aromatic rings. The number of urea groups is 1. The van der Waals surface area contributed by atoms with Crippen LogP contribution >= 0.6 is 0 Å². The number of piperazine rings is 2. The van der Waals surface area contributed by atoms with Crippen LogP contribution in [0, 0.1) is 20.8 Å². The molecule has 0 radical (unpaired) electrons. The van der Waals surface area contributed by atoms with E-state index >= 15 is 0 Å². The Morgan fingerprint density at radius 2 is 1.47 bits per heavy atom. The van der Waals surface area contributed by atoms with Gasteiger partial charge in [0, 0.05) is 58.0 Å². The number of aryl methyl sites for hydroxylation is 3. The third kappa shape index (κ3) is 5.93. The van der Waals surface area contributed by atoms with Crippen molar-refractivity contribution in [2.24, 2.45) is 0 Å². The first-order chi connectivity index (χ1) is 17.2. The number of amides is 3. The van der Waals surface area contributed by atoms with Gasteiger partial charge in [0.25, 0.3) is 0 Å². The highest BCUT2D eigenvalue weighted by molar-refractivity contribution is 5.90. The average Bonchev–Trinajstić information content (AvgIpc) is 2.86. The molecule has 2 aromatic carbocycles. The third-order valence-electron chi connectivity index (χ3n) is 7.36. The molecule has 4 rings (SSSR count). The van der Waals surface area contributed by atoms with Gasteiger partial charge in [-0.3, -0.25) is 4.79 Å². The fraction of sp³-hybridized carbons (Fsp3) is 0.500. The predicted octanol–water partition coefficient (Wildman–Crippen LogP) is 3.29. The Morgan fingerprint density at radius 3 is 2.08 bits per heavy atom. The largest absolute Gasteiger partial charge is 0.495 e. The summed E-state index contributed by atoms with van der Waals surface area (Å²) in [5.41, 5.74) is 6.40. The summed E-state index contributed by atoms with van der Waals surface area (Å²) in [5, 5.41) is 3.05. The van der Waals surface area contributed by atoms with Crippen LogP contribution in [0.15, 0.2) is 30.3 Å². The van der Waals surface area contributed by atoms with Gasteiger partial charge in [-0.15, -0.1) is 0 Å². The van der Waals surface area contributed by atoms with Crippen LogP contribution in [0.5, 0.6) is 5.75 Å². The summed E-state index contributed by atoms with van der Waals surface area (Å²) < 4.78 is 5.58.